The average Bonchev–Trinajstić information content (AvgIpc) is 2.78. The number of benzene rings is 1. The smallest absolute Gasteiger partial charge is 0.185 e. The van der Waals surface area contributed by atoms with E-state index >= 15 is 0 Å². The number of carbonyl (C=O) groups excluding carboxylic acids is 1. The van der Waals surface area contributed by atoms with Crippen LogP contribution in [0, 0.1) is 0 Å². The van der Waals surface area contributed by atoms with Gasteiger partial charge in [-0.15, -0.1) is 11.8 Å². The predicted octanol–water partition coefficient (Wildman–Crippen LogP) is 3.48. The normalized spacial score (nSPS) is 10.2. The third kappa shape index (κ3) is 2.13. The standard InChI is InChI=1S/C12H10O2S/c1-15-11-4-2-3-9(7-11)12-6-5-10(8-13)14-12/h2-8H,1H3. The highest BCUT2D eigenvalue weighted by molar-refractivity contribution is 7.98. The molecule has 0 fully saturated rings. The van der Waals surface area contributed by atoms with E-state index in [1.165, 1.54) is 4.90 Å². The van der Waals surface area contributed by atoms with E-state index in [1.807, 2.05) is 36.6 Å². The summed E-state index contributed by atoms with van der Waals surface area (Å²) in [4.78, 5) is 11.7. The molecule has 15 heavy (non-hydrogen) atoms. The van der Waals surface area contributed by atoms with Crippen molar-refractivity contribution >= 4 is 18.0 Å². The highest BCUT2D eigenvalue weighted by Gasteiger charge is 2.04. The van der Waals surface area contributed by atoms with Crippen LogP contribution in [0.4, 0.5) is 0 Å². The van der Waals surface area contributed by atoms with Crippen LogP contribution in [0.15, 0.2) is 45.7 Å². The van der Waals surface area contributed by atoms with Crippen molar-refractivity contribution < 1.29 is 9.21 Å². The van der Waals surface area contributed by atoms with Crippen molar-refractivity contribution in [1.29, 1.82) is 0 Å². The molecular formula is C12H10O2S. The Hall–Kier alpha value is -1.48. The Bertz CT molecular complexity index is 474. The number of furan rings is 1. The zero-order chi connectivity index (χ0) is 10.7. The molecule has 0 N–H and O–H groups in total. The molecule has 0 unspecified atom stereocenters. The highest BCUT2D eigenvalue weighted by Crippen LogP contribution is 2.25. The molecule has 2 rings (SSSR count). The van der Waals surface area contributed by atoms with E-state index < -0.39 is 0 Å². The summed E-state index contributed by atoms with van der Waals surface area (Å²) in [5, 5.41) is 0. The lowest BCUT2D eigenvalue weighted by molar-refractivity contribution is 0.110. The molecule has 0 aliphatic carbocycles. The van der Waals surface area contributed by atoms with Crippen LogP contribution in [-0.2, 0) is 0 Å². The van der Waals surface area contributed by atoms with Gasteiger partial charge in [0.25, 0.3) is 0 Å². The van der Waals surface area contributed by atoms with Gasteiger partial charge in [0.1, 0.15) is 5.76 Å². The van der Waals surface area contributed by atoms with Gasteiger partial charge < -0.3 is 4.42 Å². The molecule has 76 valence electrons. The van der Waals surface area contributed by atoms with Crippen molar-refractivity contribution in [2.24, 2.45) is 0 Å². The molecule has 2 aromatic rings. The minimum Gasteiger partial charge on any atom is -0.453 e. The van der Waals surface area contributed by atoms with E-state index in [-0.39, 0.29) is 0 Å². The molecule has 1 heterocycles. The van der Waals surface area contributed by atoms with E-state index in [1.54, 1.807) is 17.8 Å². The molecule has 0 saturated heterocycles. The van der Waals surface area contributed by atoms with Gasteiger partial charge in [-0.25, -0.2) is 0 Å². The number of rotatable bonds is 3. The zero-order valence-electron chi connectivity index (χ0n) is 8.27. The van der Waals surface area contributed by atoms with E-state index in [4.69, 9.17) is 4.42 Å². The molecule has 2 nitrogen and oxygen atoms in total. The molecule has 1 aromatic carbocycles. The van der Waals surface area contributed by atoms with Crippen LogP contribution in [0.5, 0.6) is 0 Å². The molecular weight excluding hydrogens is 208 g/mol. The summed E-state index contributed by atoms with van der Waals surface area (Å²) in [6, 6.07) is 11.5. The van der Waals surface area contributed by atoms with Crippen molar-refractivity contribution in [1.82, 2.24) is 0 Å². The maximum atomic E-state index is 10.5. The first kappa shape index (κ1) is 10.1. The van der Waals surface area contributed by atoms with Gasteiger partial charge in [-0.05, 0) is 30.5 Å². The lowest BCUT2D eigenvalue weighted by atomic mass is 10.2. The maximum absolute atomic E-state index is 10.5. The van der Waals surface area contributed by atoms with Gasteiger partial charge in [-0.2, -0.15) is 0 Å². The summed E-state index contributed by atoms with van der Waals surface area (Å²) in [5.41, 5.74) is 0.995. The quantitative estimate of drug-likeness (QED) is 0.583. The Morgan fingerprint density at radius 3 is 2.80 bits per heavy atom. The van der Waals surface area contributed by atoms with Gasteiger partial charge in [0.2, 0.25) is 0 Å². The Kier molecular flexibility index (Phi) is 2.92. The van der Waals surface area contributed by atoms with Crippen LogP contribution in [0.25, 0.3) is 11.3 Å². The van der Waals surface area contributed by atoms with Crippen molar-refractivity contribution in [3.63, 3.8) is 0 Å². The summed E-state index contributed by atoms with van der Waals surface area (Å²) >= 11 is 1.68. The van der Waals surface area contributed by atoms with Gasteiger partial charge in [-0.1, -0.05) is 12.1 Å². The molecule has 0 aliphatic rings. The molecule has 0 amide bonds. The fourth-order valence-electron chi connectivity index (χ4n) is 1.35. The van der Waals surface area contributed by atoms with Crippen LogP contribution in [0.3, 0.4) is 0 Å². The summed E-state index contributed by atoms with van der Waals surface area (Å²) in [6.45, 7) is 0. The number of carbonyl (C=O) groups is 1. The fraction of sp³-hybridized carbons (Fsp3) is 0.0833. The van der Waals surface area contributed by atoms with Crippen molar-refractivity contribution in [2.45, 2.75) is 4.90 Å². The zero-order valence-corrected chi connectivity index (χ0v) is 9.08. The molecule has 0 saturated carbocycles. The van der Waals surface area contributed by atoms with Crippen LogP contribution >= 0.6 is 11.8 Å². The summed E-state index contributed by atoms with van der Waals surface area (Å²) in [5.74, 6) is 1.09. The third-order valence-corrected chi connectivity index (χ3v) is 2.82. The summed E-state index contributed by atoms with van der Waals surface area (Å²) < 4.78 is 5.34. The molecule has 0 bridgehead atoms. The Balaban J connectivity index is 2.39. The summed E-state index contributed by atoms with van der Waals surface area (Å²) in [7, 11) is 0. The number of thioether (sulfide) groups is 1. The first-order chi connectivity index (χ1) is 7.33. The monoisotopic (exact) mass is 218 g/mol. The second-order valence-corrected chi connectivity index (χ2v) is 3.93. The van der Waals surface area contributed by atoms with Crippen molar-refractivity contribution in [2.75, 3.05) is 6.26 Å². The highest BCUT2D eigenvalue weighted by atomic mass is 32.2. The number of hydrogen-bond acceptors (Lipinski definition) is 3. The Morgan fingerprint density at radius 2 is 2.13 bits per heavy atom. The van der Waals surface area contributed by atoms with Gasteiger partial charge in [-0.3, -0.25) is 4.79 Å². The Morgan fingerprint density at radius 1 is 1.27 bits per heavy atom. The number of aldehydes is 1. The van der Waals surface area contributed by atoms with Crippen molar-refractivity contribution in [3.05, 3.63) is 42.2 Å². The molecule has 3 heteroatoms. The minimum absolute atomic E-state index is 0.361. The lowest BCUT2D eigenvalue weighted by Gasteiger charge is -1.99. The van der Waals surface area contributed by atoms with Crippen LogP contribution in [-0.4, -0.2) is 12.5 Å². The Labute approximate surface area is 92.3 Å². The second-order valence-electron chi connectivity index (χ2n) is 3.05. The van der Waals surface area contributed by atoms with Crippen LogP contribution in [0.2, 0.25) is 0 Å². The topological polar surface area (TPSA) is 30.2 Å². The molecule has 0 atom stereocenters. The van der Waals surface area contributed by atoms with Gasteiger partial charge >= 0.3 is 0 Å². The van der Waals surface area contributed by atoms with Gasteiger partial charge in [0, 0.05) is 10.5 Å². The van der Waals surface area contributed by atoms with Crippen LogP contribution < -0.4 is 0 Å². The molecule has 0 spiro atoms. The second kappa shape index (κ2) is 4.36. The number of hydrogen-bond donors (Lipinski definition) is 0. The van der Waals surface area contributed by atoms with Crippen molar-refractivity contribution in [3.8, 4) is 11.3 Å². The minimum atomic E-state index is 0.361. The summed E-state index contributed by atoms with van der Waals surface area (Å²) in [6.07, 6.45) is 2.74. The molecule has 0 aliphatic heterocycles. The SMILES string of the molecule is CSc1cccc(-c2ccc(C=O)o2)c1. The van der Waals surface area contributed by atoms with E-state index in [0.717, 1.165) is 11.3 Å². The van der Waals surface area contributed by atoms with Gasteiger partial charge in [0.15, 0.2) is 12.0 Å². The first-order valence-corrected chi connectivity index (χ1v) is 5.75. The largest absolute Gasteiger partial charge is 0.453 e. The lowest BCUT2D eigenvalue weighted by Crippen LogP contribution is -1.75. The molecule has 1 aromatic heterocycles. The average molecular weight is 218 g/mol. The fourth-order valence-corrected chi connectivity index (χ4v) is 1.81. The van der Waals surface area contributed by atoms with E-state index in [9.17, 15) is 4.79 Å². The third-order valence-electron chi connectivity index (χ3n) is 2.10. The first-order valence-electron chi connectivity index (χ1n) is 4.53. The van der Waals surface area contributed by atoms with Crippen LogP contribution in [0.1, 0.15) is 10.6 Å². The molecule has 0 radical (unpaired) electrons. The van der Waals surface area contributed by atoms with E-state index in [0.29, 0.717) is 12.0 Å². The van der Waals surface area contributed by atoms with E-state index in [2.05, 4.69) is 0 Å². The van der Waals surface area contributed by atoms with Gasteiger partial charge in [0.05, 0.1) is 0 Å². The maximum Gasteiger partial charge on any atom is 0.185 e. The predicted molar refractivity (Wildman–Crippen MR) is 61.3 cm³/mol.